The summed E-state index contributed by atoms with van der Waals surface area (Å²) in [5.41, 5.74) is 1.77. The first-order valence-electron chi connectivity index (χ1n) is 11.2. The molecule has 1 atom stereocenters. The lowest BCUT2D eigenvalue weighted by Crippen LogP contribution is -2.57. The number of anilines is 1. The fourth-order valence-corrected chi connectivity index (χ4v) is 5.06. The van der Waals surface area contributed by atoms with Crippen LogP contribution in [0.25, 0.3) is 0 Å². The molecule has 1 heterocycles. The molecule has 2 fully saturated rings. The number of benzene rings is 2. The number of carbonyl (C=O) groups is 2. The Kier molecular flexibility index (Phi) is 7.25. The monoisotopic (exact) mass is 439 g/mol. The summed E-state index contributed by atoms with van der Waals surface area (Å²) >= 11 is 6.09. The van der Waals surface area contributed by atoms with Crippen molar-refractivity contribution in [3.63, 3.8) is 0 Å². The predicted molar refractivity (Wildman–Crippen MR) is 124 cm³/mol. The van der Waals surface area contributed by atoms with E-state index in [9.17, 15) is 9.59 Å². The average molecular weight is 440 g/mol. The van der Waals surface area contributed by atoms with Crippen LogP contribution in [0.5, 0.6) is 0 Å². The molecule has 1 aliphatic heterocycles. The van der Waals surface area contributed by atoms with Crippen LogP contribution in [0.15, 0.2) is 54.6 Å². The van der Waals surface area contributed by atoms with Gasteiger partial charge in [0.15, 0.2) is 0 Å². The van der Waals surface area contributed by atoms with E-state index in [1.54, 1.807) is 12.1 Å². The van der Waals surface area contributed by atoms with Gasteiger partial charge in [-0.05, 0) is 42.5 Å². The fraction of sp³-hybridized carbons (Fsp3) is 0.440. The van der Waals surface area contributed by atoms with Gasteiger partial charge >= 0.3 is 0 Å². The molecule has 2 amide bonds. The van der Waals surface area contributed by atoms with E-state index >= 15 is 0 Å². The van der Waals surface area contributed by atoms with E-state index < -0.39 is 0 Å². The summed E-state index contributed by atoms with van der Waals surface area (Å²) in [6.45, 7) is 2.79. The minimum Gasteiger partial charge on any atom is -0.340 e. The Morgan fingerprint density at radius 1 is 0.968 bits per heavy atom. The molecule has 1 saturated carbocycles. The van der Waals surface area contributed by atoms with Crippen molar-refractivity contribution in [3.05, 3.63) is 65.2 Å². The third-order valence-corrected chi connectivity index (χ3v) is 6.70. The van der Waals surface area contributed by atoms with Crippen molar-refractivity contribution in [2.75, 3.05) is 31.5 Å². The van der Waals surface area contributed by atoms with E-state index in [4.69, 9.17) is 11.6 Å². The Morgan fingerprint density at radius 3 is 2.35 bits per heavy atom. The summed E-state index contributed by atoms with van der Waals surface area (Å²) in [5, 5.41) is 3.69. The number of hydrogen-bond acceptors (Lipinski definition) is 3. The number of hydrogen-bond donors (Lipinski definition) is 1. The molecule has 0 aromatic heterocycles. The van der Waals surface area contributed by atoms with Crippen LogP contribution in [0.1, 0.15) is 31.2 Å². The highest BCUT2D eigenvalue weighted by atomic mass is 35.5. The molecule has 31 heavy (non-hydrogen) atoms. The van der Waals surface area contributed by atoms with Crippen LogP contribution in [-0.4, -0.2) is 53.8 Å². The number of nitrogens with zero attached hydrogens (tertiary/aromatic N) is 2. The first kappa shape index (κ1) is 21.8. The number of rotatable bonds is 6. The van der Waals surface area contributed by atoms with E-state index in [1.807, 2.05) is 47.4 Å². The molecular formula is C25H30ClN3O2. The Balaban J connectivity index is 1.39. The lowest BCUT2D eigenvalue weighted by Gasteiger charge is -2.40. The highest BCUT2D eigenvalue weighted by Gasteiger charge is 2.37. The van der Waals surface area contributed by atoms with E-state index in [0.717, 1.165) is 37.2 Å². The first-order valence-corrected chi connectivity index (χ1v) is 11.6. The molecule has 0 bridgehead atoms. The van der Waals surface area contributed by atoms with Crippen molar-refractivity contribution in [2.45, 2.75) is 38.1 Å². The smallest absolute Gasteiger partial charge is 0.242 e. The lowest BCUT2D eigenvalue weighted by atomic mass is 9.94. The van der Waals surface area contributed by atoms with Crippen molar-refractivity contribution in [3.8, 4) is 0 Å². The second kappa shape index (κ2) is 10.3. The summed E-state index contributed by atoms with van der Waals surface area (Å²) in [4.78, 5) is 30.2. The minimum absolute atomic E-state index is 0.0400. The summed E-state index contributed by atoms with van der Waals surface area (Å²) in [5.74, 6) is 0.565. The number of carbonyl (C=O) groups excluding carboxylic acids is 2. The van der Waals surface area contributed by atoms with Gasteiger partial charge in [-0.1, -0.05) is 60.8 Å². The maximum absolute atomic E-state index is 13.3. The molecule has 1 unspecified atom stereocenters. The second-order valence-corrected chi connectivity index (χ2v) is 9.00. The molecule has 6 heteroatoms. The van der Waals surface area contributed by atoms with E-state index in [2.05, 4.69) is 10.2 Å². The lowest BCUT2D eigenvalue weighted by molar-refractivity contribution is -0.133. The fourth-order valence-electron chi connectivity index (χ4n) is 4.87. The maximum atomic E-state index is 13.3. The van der Waals surface area contributed by atoms with Crippen LogP contribution in [0.2, 0.25) is 5.02 Å². The Labute approximate surface area is 189 Å². The van der Waals surface area contributed by atoms with E-state index in [0.29, 0.717) is 30.5 Å². The van der Waals surface area contributed by atoms with Crippen LogP contribution >= 0.6 is 11.6 Å². The van der Waals surface area contributed by atoms with E-state index in [-0.39, 0.29) is 17.9 Å². The van der Waals surface area contributed by atoms with Gasteiger partial charge < -0.3 is 10.2 Å². The first-order chi connectivity index (χ1) is 15.1. The molecule has 1 aliphatic carbocycles. The van der Waals surface area contributed by atoms with Crippen molar-refractivity contribution in [1.82, 2.24) is 9.80 Å². The molecule has 0 radical (unpaired) electrons. The van der Waals surface area contributed by atoms with Crippen molar-refractivity contribution in [2.24, 2.45) is 5.92 Å². The van der Waals surface area contributed by atoms with Crippen molar-refractivity contribution < 1.29 is 9.59 Å². The van der Waals surface area contributed by atoms with E-state index in [1.165, 1.54) is 12.8 Å². The van der Waals surface area contributed by atoms with Gasteiger partial charge in [-0.25, -0.2) is 0 Å². The number of halogens is 1. The summed E-state index contributed by atoms with van der Waals surface area (Å²) in [7, 11) is 0. The third kappa shape index (κ3) is 5.66. The van der Waals surface area contributed by atoms with Gasteiger partial charge in [0.2, 0.25) is 11.8 Å². The van der Waals surface area contributed by atoms with Crippen molar-refractivity contribution in [1.29, 1.82) is 0 Å². The van der Waals surface area contributed by atoms with Gasteiger partial charge in [-0.2, -0.15) is 0 Å². The highest BCUT2D eigenvalue weighted by Crippen LogP contribution is 2.32. The summed E-state index contributed by atoms with van der Waals surface area (Å²) < 4.78 is 0. The minimum atomic E-state index is -0.159. The molecule has 1 N–H and O–H groups in total. The van der Waals surface area contributed by atoms with Gasteiger partial charge in [0.25, 0.3) is 0 Å². The molecule has 4 rings (SSSR count). The van der Waals surface area contributed by atoms with Crippen LogP contribution < -0.4 is 5.32 Å². The van der Waals surface area contributed by atoms with Gasteiger partial charge in [-0.3, -0.25) is 14.5 Å². The quantitative estimate of drug-likeness (QED) is 0.733. The van der Waals surface area contributed by atoms with Gasteiger partial charge in [0, 0.05) is 36.9 Å². The van der Waals surface area contributed by atoms with Crippen LogP contribution in [-0.2, 0) is 16.0 Å². The summed E-state index contributed by atoms with van der Waals surface area (Å²) in [6.07, 6.45) is 4.96. The number of amides is 2. The number of nitrogens with one attached hydrogen (secondary N) is 1. The standard InChI is InChI=1S/C25H30ClN3O2/c26-21-11-6-12-22(18-21)27-25(31)24(20-9-4-5-10-20)29-15-13-28(14-16-29)23(30)17-19-7-2-1-3-8-19/h1-3,6-8,11-12,18,20,24H,4-5,9-10,13-17H2,(H,27,31). The van der Waals surface area contributed by atoms with Crippen LogP contribution in [0.4, 0.5) is 5.69 Å². The van der Waals surface area contributed by atoms with Crippen LogP contribution in [0, 0.1) is 5.92 Å². The molecule has 1 saturated heterocycles. The van der Waals surface area contributed by atoms with Gasteiger partial charge in [-0.15, -0.1) is 0 Å². The SMILES string of the molecule is O=C(Nc1cccc(Cl)c1)C(C1CCCC1)N1CCN(C(=O)Cc2ccccc2)CC1. The number of piperazine rings is 1. The molecular weight excluding hydrogens is 410 g/mol. The Morgan fingerprint density at radius 2 is 1.68 bits per heavy atom. The third-order valence-electron chi connectivity index (χ3n) is 6.47. The molecule has 2 aromatic rings. The molecule has 0 spiro atoms. The largest absolute Gasteiger partial charge is 0.340 e. The predicted octanol–water partition coefficient (Wildman–Crippen LogP) is 4.22. The van der Waals surface area contributed by atoms with Crippen LogP contribution in [0.3, 0.4) is 0 Å². The average Bonchev–Trinajstić information content (AvgIpc) is 3.29. The second-order valence-electron chi connectivity index (χ2n) is 8.57. The Bertz CT molecular complexity index is 891. The highest BCUT2D eigenvalue weighted by molar-refractivity contribution is 6.30. The zero-order valence-electron chi connectivity index (χ0n) is 17.8. The topological polar surface area (TPSA) is 52.7 Å². The molecule has 2 aromatic carbocycles. The van der Waals surface area contributed by atoms with Gasteiger partial charge in [0.1, 0.15) is 0 Å². The maximum Gasteiger partial charge on any atom is 0.242 e. The molecule has 5 nitrogen and oxygen atoms in total. The normalized spacial score (nSPS) is 18.7. The van der Waals surface area contributed by atoms with Crippen molar-refractivity contribution >= 4 is 29.1 Å². The molecule has 2 aliphatic rings. The summed E-state index contributed by atoms with van der Waals surface area (Å²) in [6, 6.07) is 17.0. The zero-order chi connectivity index (χ0) is 21.6. The zero-order valence-corrected chi connectivity index (χ0v) is 18.6. The Hall–Kier alpha value is -2.37. The van der Waals surface area contributed by atoms with Gasteiger partial charge in [0.05, 0.1) is 12.5 Å². The molecule has 164 valence electrons.